The van der Waals surface area contributed by atoms with E-state index in [1.807, 2.05) is 0 Å². The fraction of sp³-hybridized carbons (Fsp3) is 0.823. The second kappa shape index (κ2) is 57.0. The molecule has 6 nitrogen and oxygen atoms in total. The quantitative estimate of drug-likeness (QED) is 0.0262. The summed E-state index contributed by atoms with van der Waals surface area (Å²) in [4.78, 5) is 38.2. The summed E-state index contributed by atoms with van der Waals surface area (Å²) in [6, 6.07) is 0. The highest BCUT2D eigenvalue weighted by molar-refractivity contribution is 5.71. The van der Waals surface area contributed by atoms with Crippen LogP contribution in [0.2, 0.25) is 0 Å². The van der Waals surface area contributed by atoms with Crippen molar-refractivity contribution in [2.24, 2.45) is 0 Å². The Kier molecular flexibility index (Phi) is 54.8. The molecule has 0 N–H and O–H groups in total. The molecule has 0 radical (unpaired) electrons. The number of esters is 3. The van der Waals surface area contributed by atoms with Crippen LogP contribution in [0, 0.1) is 0 Å². The first-order valence-corrected chi connectivity index (χ1v) is 29.6. The van der Waals surface area contributed by atoms with E-state index in [2.05, 4.69) is 69.4 Å². The van der Waals surface area contributed by atoms with Gasteiger partial charge >= 0.3 is 17.9 Å². The van der Waals surface area contributed by atoms with Crippen LogP contribution in [0.4, 0.5) is 0 Å². The molecule has 0 saturated carbocycles. The molecule has 0 bridgehead atoms. The van der Waals surface area contributed by atoms with E-state index < -0.39 is 6.10 Å². The second-order valence-electron chi connectivity index (χ2n) is 19.9. The molecule has 1 atom stereocenters. The minimum absolute atomic E-state index is 0.0707. The maximum Gasteiger partial charge on any atom is 0.306 e. The van der Waals surface area contributed by atoms with Gasteiger partial charge in [0.15, 0.2) is 6.10 Å². The standard InChI is InChI=1S/C62H112O6/c1-4-7-10-13-16-19-22-25-28-29-30-31-32-33-35-37-40-43-46-49-52-55-61(64)67-58-59(57-66-60(63)54-51-48-45-42-39-36-27-24-21-18-15-12-9-6-3)68-62(65)56-53-50-47-44-41-38-34-26-23-20-17-14-11-8-5-2/h7,10,16,19,25,28,30-31,59H,4-6,8-9,11-15,17-18,20-24,26-27,29,32-58H2,1-3H3/b10-7-,19-16-,28-25-,31-30-. The van der Waals surface area contributed by atoms with Crippen LogP contribution in [0.3, 0.4) is 0 Å². The van der Waals surface area contributed by atoms with Crippen LogP contribution in [0.1, 0.15) is 310 Å². The molecule has 0 aromatic carbocycles. The Labute approximate surface area is 422 Å². The molecule has 1 unspecified atom stereocenters. The van der Waals surface area contributed by atoms with Crippen molar-refractivity contribution in [3.8, 4) is 0 Å². The number of ether oxygens (including phenoxy) is 3. The highest BCUT2D eigenvalue weighted by atomic mass is 16.6. The lowest BCUT2D eigenvalue weighted by molar-refractivity contribution is -0.167. The average Bonchev–Trinajstić information content (AvgIpc) is 3.34. The van der Waals surface area contributed by atoms with Crippen molar-refractivity contribution < 1.29 is 28.6 Å². The largest absolute Gasteiger partial charge is 0.462 e. The van der Waals surface area contributed by atoms with Gasteiger partial charge in [0, 0.05) is 19.3 Å². The van der Waals surface area contributed by atoms with Crippen molar-refractivity contribution in [2.75, 3.05) is 13.2 Å². The Morgan fingerprint density at radius 1 is 0.309 bits per heavy atom. The lowest BCUT2D eigenvalue weighted by Gasteiger charge is -2.18. The summed E-state index contributed by atoms with van der Waals surface area (Å²) in [6.45, 7) is 6.56. The van der Waals surface area contributed by atoms with Crippen LogP contribution < -0.4 is 0 Å². The topological polar surface area (TPSA) is 78.9 Å². The number of carbonyl (C=O) groups excluding carboxylic acids is 3. The maximum atomic E-state index is 12.9. The highest BCUT2D eigenvalue weighted by Gasteiger charge is 2.19. The van der Waals surface area contributed by atoms with Gasteiger partial charge in [-0.1, -0.05) is 281 Å². The van der Waals surface area contributed by atoms with Crippen molar-refractivity contribution in [3.63, 3.8) is 0 Å². The first-order chi connectivity index (χ1) is 33.5. The zero-order valence-corrected chi connectivity index (χ0v) is 45.4. The third-order valence-electron chi connectivity index (χ3n) is 13.1. The molecule has 0 saturated heterocycles. The molecule has 0 heterocycles. The van der Waals surface area contributed by atoms with E-state index in [1.54, 1.807) is 0 Å². The van der Waals surface area contributed by atoms with Gasteiger partial charge in [0.25, 0.3) is 0 Å². The average molecular weight is 954 g/mol. The number of hydrogen-bond donors (Lipinski definition) is 0. The Hall–Kier alpha value is -2.63. The predicted molar refractivity (Wildman–Crippen MR) is 293 cm³/mol. The van der Waals surface area contributed by atoms with Gasteiger partial charge in [0.2, 0.25) is 0 Å². The first kappa shape index (κ1) is 65.4. The van der Waals surface area contributed by atoms with Gasteiger partial charge < -0.3 is 14.2 Å². The molecule has 68 heavy (non-hydrogen) atoms. The molecule has 0 spiro atoms. The Morgan fingerprint density at radius 2 is 0.574 bits per heavy atom. The SMILES string of the molecule is CC/C=C\C/C=C\C/C=C\C/C=C\CCCCCCCCCCC(=O)OCC(COC(=O)CCCCCCCCCCCCCCCC)OC(=O)CCCCCCCCCCCCCCCCC. The van der Waals surface area contributed by atoms with Crippen LogP contribution >= 0.6 is 0 Å². The molecule has 0 aromatic heterocycles. The summed E-state index contributed by atoms with van der Waals surface area (Å²) in [6.07, 6.45) is 69.5. The summed E-state index contributed by atoms with van der Waals surface area (Å²) in [7, 11) is 0. The molecule has 0 aromatic rings. The van der Waals surface area contributed by atoms with Crippen LogP contribution in [0.15, 0.2) is 48.6 Å². The van der Waals surface area contributed by atoms with Crippen LogP contribution in [0.5, 0.6) is 0 Å². The molecular formula is C62H112O6. The van der Waals surface area contributed by atoms with Crippen molar-refractivity contribution in [3.05, 3.63) is 48.6 Å². The van der Waals surface area contributed by atoms with Gasteiger partial charge in [0.1, 0.15) is 13.2 Å². The predicted octanol–water partition coefficient (Wildman–Crippen LogP) is 19.8. The van der Waals surface area contributed by atoms with Crippen molar-refractivity contribution >= 4 is 17.9 Å². The van der Waals surface area contributed by atoms with Gasteiger partial charge in [-0.15, -0.1) is 0 Å². The van der Waals surface area contributed by atoms with Crippen molar-refractivity contribution in [1.29, 1.82) is 0 Å². The van der Waals surface area contributed by atoms with Gasteiger partial charge in [-0.3, -0.25) is 14.4 Å². The van der Waals surface area contributed by atoms with Gasteiger partial charge in [-0.05, 0) is 57.8 Å². The summed E-state index contributed by atoms with van der Waals surface area (Å²) in [5.74, 6) is -0.860. The summed E-state index contributed by atoms with van der Waals surface area (Å²) in [5, 5.41) is 0. The van der Waals surface area contributed by atoms with Gasteiger partial charge in [0.05, 0.1) is 0 Å². The van der Waals surface area contributed by atoms with Crippen molar-refractivity contribution in [1.82, 2.24) is 0 Å². The zero-order valence-electron chi connectivity index (χ0n) is 45.4. The van der Waals surface area contributed by atoms with Gasteiger partial charge in [-0.2, -0.15) is 0 Å². The minimum Gasteiger partial charge on any atom is -0.462 e. The van der Waals surface area contributed by atoms with Crippen molar-refractivity contribution in [2.45, 2.75) is 316 Å². The Bertz CT molecular complexity index is 1190. The van der Waals surface area contributed by atoms with Crippen LogP contribution in [0.25, 0.3) is 0 Å². The maximum absolute atomic E-state index is 12.9. The highest BCUT2D eigenvalue weighted by Crippen LogP contribution is 2.17. The van der Waals surface area contributed by atoms with Crippen LogP contribution in [-0.4, -0.2) is 37.2 Å². The minimum atomic E-state index is -0.772. The summed E-state index contributed by atoms with van der Waals surface area (Å²) >= 11 is 0. The molecule has 0 amide bonds. The molecule has 396 valence electrons. The molecular weight excluding hydrogens is 841 g/mol. The monoisotopic (exact) mass is 953 g/mol. The fourth-order valence-corrected chi connectivity index (χ4v) is 8.67. The molecule has 0 aliphatic heterocycles. The van der Waals surface area contributed by atoms with E-state index in [0.717, 1.165) is 89.9 Å². The number of hydrogen-bond acceptors (Lipinski definition) is 6. The molecule has 6 heteroatoms. The van der Waals surface area contributed by atoms with E-state index in [1.165, 1.54) is 180 Å². The van der Waals surface area contributed by atoms with E-state index in [-0.39, 0.29) is 31.1 Å². The summed E-state index contributed by atoms with van der Waals surface area (Å²) < 4.78 is 16.9. The van der Waals surface area contributed by atoms with Crippen LogP contribution in [-0.2, 0) is 28.6 Å². The number of unbranched alkanes of at least 4 members (excludes halogenated alkanes) is 35. The molecule has 0 fully saturated rings. The molecule has 0 rings (SSSR count). The first-order valence-electron chi connectivity index (χ1n) is 29.6. The Balaban J connectivity index is 4.33. The Morgan fingerprint density at radius 3 is 0.897 bits per heavy atom. The zero-order chi connectivity index (χ0) is 49.3. The number of carbonyl (C=O) groups is 3. The van der Waals surface area contributed by atoms with E-state index >= 15 is 0 Å². The summed E-state index contributed by atoms with van der Waals surface area (Å²) in [5.41, 5.74) is 0. The lowest BCUT2D eigenvalue weighted by Crippen LogP contribution is -2.30. The smallest absolute Gasteiger partial charge is 0.306 e. The van der Waals surface area contributed by atoms with E-state index in [4.69, 9.17) is 14.2 Å². The fourth-order valence-electron chi connectivity index (χ4n) is 8.67. The third-order valence-corrected chi connectivity index (χ3v) is 13.1. The van der Waals surface area contributed by atoms with E-state index in [9.17, 15) is 14.4 Å². The van der Waals surface area contributed by atoms with Gasteiger partial charge in [-0.25, -0.2) is 0 Å². The number of rotatable bonds is 54. The third kappa shape index (κ3) is 54.3. The molecule has 0 aliphatic carbocycles. The molecule has 0 aliphatic rings. The second-order valence-corrected chi connectivity index (χ2v) is 19.9. The lowest BCUT2D eigenvalue weighted by atomic mass is 10.0. The number of allylic oxidation sites excluding steroid dienone is 8. The normalized spacial score (nSPS) is 12.3. The van der Waals surface area contributed by atoms with E-state index in [0.29, 0.717) is 19.3 Å².